The zero-order valence-electron chi connectivity index (χ0n) is 15.3. The van der Waals surface area contributed by atoms with Crippen molar-refractivity contribution in [3.05, 3.63) is 53.5 Å². The van der Waals surface area contributed by atoms with Crippen molar-refractivity contribution in [1.29, 1.82) is 0 Å². The monoisotopic (exact) mass is 368 g/mol. The van der Waals surface area contributed by atoms with Crippen molar-refractivity contribution in [3.8, 4) is 0 Å². The summed E-state index contributed by atoms with van der Waals surface area (Å²) < 4.78 is 8.08. The van der Waals surface area contributed by atoms with E-state index in [1.807, 2.05) is 0 Å². The normalized spacial score (nSPS) is 11.5. The van der Waals surface area contributed by atoms with E-state index in [4.69, 9.17) is 10.5 Å². The molecule has 2 heterocycles. The number of benzene rings is 1. The fourth-order valence-electron chi connectivity index (χ4n) is 2.75. The van der Waals surface area contributed by atoms with Crippen molar-refractivity contribution in [2.45, 2.75) is 32.9 Å². The van der Waals surface area contributed by atoms with Gasteiger partial charge in [-0.15, -0.1) is 0 Å². The highest BCUT2D eigenvalue weighted by Crippen LogP contribution is 2.22. The second-order valence-electron chi connectivity index (χ2n) is 7.19. The zero-order valence-corrected chi connectivity index (χ0v) is 15.3. The topological polar surface area (TPSA) is 109 Å². The van der Waals surface area contributed by atoms with Gasteiger partial charge in [0.2, 0.25) is 0 Å². The van der Waals surface area contributed by atoms with Crippen LogP contribution in [0.25, 0.3) is 10.9 Å². The highest BCUT2D eigenvalue weighted by atomic mass is 16.6. The molecule has 8 nitrogen and oxygen atoms in total. The molecule has 0 spiro atoms. The van der Waals surface area contributed by atoms with E-state index in [2.05, 4.69) is 5.10 Å². The van der Waals surface area contributed by atoms with E-state index in [9.17, 15) is 14.4 Å². The average Bonchev–Trinajstić information content (AvgIpc) is 3.18. The Morgan fingerprint density at radius 3 is 2.63 bits per heavy atom. The molecule has 3 rings (SSSR count). The molecule has 0 aliphatic rings. The summed E-state index contributed by atoms with van der Waals surface area (Å²) in [6, 6.07) is 6.79. The summed E-state index contributed by atoms with van der Waals surface area (Å²) in [5.41, 5.74) is 7.03. The van der Waals surface area contributed by atoms with Crippen molar-refractivity contribution in [2.24, 2.45) is 5.73 Å². The van der Waals surface area contributed by atoms with Crippen molar-refractivity contribution in [1.82, 2.24) is 14.3 Å². The van der Waals surface area contributed by atoms with Gasteiger partial charge in [-0.2, -0.15) is 9.78 Å². The van der Waals surface area contributed by atoms with Crippen LogP contribution in [0.1, 0.15) is 47.2 Å². The van der Waals surface area contributed by atoms with Crippen LogP contribution < -0.4 is 5.73 Å². The fourth-order valence-corrected chi connectivity index (χ4v) is 2.75. The van der Waals surface area contributed by atoms with Crippen molar-refractivity contribution < 1.29 is 19.1 Å². The first-order valence-electron chi connectivity index (χ1n) is 8.33. The molecular formula is C19H20N4O4. The third kappa shape index (κ3) is 3.89. The van der Waals surface area contributed by atoms with Crippen LogP contribution in [0.2, 0.25) is 0 Å². The number of hydrogen-bond acceptors (Lipinski definition) is 5. The summed E-state index contributed by atoms with van der Waals surface area (Å²) in [5, 5.41) is 4.81. The maximum atomic E-state index is 12.1. The highest BCUT2D eigenvalue weighted by Gasteiger charge is 2.19. The minimum absolute atomic E-state index is 0.257. The molecule has 3 aromatic rings. The molecule has 0 radical (unpaired) electrons. The number of carbonyl (C=O) groups is 3. The summed E-state index contributed by atoms with van der Waals surface area (Å²) in [5.74, 6) is -0.585. The highest BCUT2D eigenvalue weighted by molar-refractivity contribution is 5.99. The lowest BCUT2D eigenvalue weighted by molar-refractivity contribution is 0.0514. The first-order valence-corrected chi connectivity index (χ1v) is 8.33. The van der Waals surface area contributed by atoms with Gasteiger partial charge in [0.25, 0.3) is 5.91 Å². The summed E-state index contributed by atoms with van der Waals surface area (Å²) in [4.78, 5) is 35.0. The number of ether oxygens (including phenoxy) is 1. The van der Waals surface area contributed by atoms with Crippen molar-refractivity contribution >= 4 is 29.2 Å². The van der Waals surface area contributed by atoms with Gasteiger partial charge in [-0.3, -0.25) is 9.59 Å². The van der Waals surface area contributed by atoms with Gasteiger partial charge >= 0.3 is 6.09 Å². The Hall–Kier alpha value is -3.42. The minimum atomic E-state index is -0.635. The van der Waals surface area contributed by atoms with Crippen LogP contribution in [-0.4, -0.2) is 38.2 Å². The van der Waals surface area contributed by atoms with Gasteiger partial charge in [-0.25, -0.2) is 4.79 Å². The molecule has 1 aromatic carbocycles. The lowest BCUT2D eigenvalue weighted by Crippen LogP contribution is -2.27. The van der Waals surface area contributed by atoms with Crippen LogP contribution in [-0.2, 0) is 11.3 Å². The molecule has 1 amide bonds. The van der Waals surface area contributed by atoms with Crippen molar-refractivity contribution in [3.63, 3.8) is 0 Å². The molecule has 0 atom stereocenters. The second kappa shape index (κ2) is 6.71. The molecule has 140 valence electrons. The zero-order chi connectivity index (χ0) is 19.8. The Balaban J connectivity index is 1.97. The Labute approximate surface area is 155 Å². The molecule has 0 fully saturated rings. The van der Waals surface area contributed by atoms with Gasteiger partial charge in [-0.05, 0) is 32.9 Å². The fraction of sp³-hybridized carbons (Fsp3) is 0.263. The summed E-state index contributed by atoms with van der Waals surface area (Å²) in [6.45, 7) is 5.56. The molecule has 0 saturated carbocycles. The summed E-state index contributed by atoms with van der Waals surface area (Å²) in [7, 11) is 0. The van der Waals surface area contributed by atoms with Gasteiger partial charge in [-0.1, -0.05) is 12.1 Å². The number of hydrogen-bond donors (Lipinski definition) is 1. The second-order valence-corrected chi connectivity index (χ2v) is 7.19. The number of carbonyl (C=O) groups excluding carboxylic acids is 3. The Kier molecular flexibility index (Phi) is 4.57. The standard InChI is InChI=1S/C19H20N4O4/c1-19(2,3)27-18(26)23-10-13(8-21-23)9-22-15-6-12(11-24)4-5-14(15)7-16(22)17(20)25/h4-8,10-11H,9H2,1-3H3,(H2,20,25). The Morgan fingerprint density at radius 1 is 1.26 bits per heavy atom. The summed E-state index contributed by atoms with van der Waals surface area (Å²) in [6.07, 6.45) is 3.20. The first kappa shape index (κ1) is 18.4. The van der Waals surface area contributed by atoms with Crippen molar-refractivity contribution in [2.75, 3.05) is 0 Å². The minimum Gasteiger partial charge on any atom is -0.442 e. The average molecular weight is 368 g/mol. The number of primary amides is 1. The van der Waals surface area contributed by atoms with E-state index in [1.54, 1.807) is 49.6 Å². The molecule has 0 unspecified atom stereocenters. The van der Waals surface area contributed by atoms with Gasteiger partial charge in [0.1, 0.15) is 17.6 Å². The largest absolute Gasteiger partial charge is 0.442 e. The van der Waals surface area contributed by atoms with Gasteiger partial charge < -0.3 is 15.0 Å². The van der Waals surface area contributed by atoms with Crippen LogP contribution >= 0.6 is 0 Å². The van der Waals surface area contributed by atoms with Crippen LogP contribution in [0.5, 0.6) is 0 Å². The van der Waals surface area contributed by atoms with E-state index >= 15 is 0 Å². The van der Waals surface area contributed by atoms with Crippen LogP contribution in [0, 0.1) is 0 Å². The van der Waals surface area contributed by atoms with Crippen LogP contribution in [0.15, 0.2) is 36.7 Å². The molecule has 27 heavy (non-hydrogen) atoms. The van der Waals surface area contributed by atoms with Crippen LogP contribution in [0.3, 0.4) is 0 Å². The lowest BCUT2D eigenvalue weighted by Gasteiger charge is -2.18. The molecule has 2 N–H and O–H groups in total. The van der Waals surface area contributed by atoms with Gasteiger partial charge in [0.15, 0.2) is 0 Å². The van der Waals surface area contributed by atoms with Crippen LogP contribution in [0.4, 0.5) is 4.79 Å². The van der Waals surface area contributed by atoms with Gasteiger partial charge in [0.05, 0.1) is 12.7 Å². The summed E-state index contributed by atoms with van der Waals surface area (Å²) >= 11 is 0. The molecule has 0 aliphatic heterocycles. The SMILES string of the molecule is CC(C)(C)OC(=O)n1cc(Cn2c(C(N)=O)cc3ccc(C=O)cc32)cn1. The number of nitrogens with two attached hydrogens (primary N) is 1. The van der Waals surface area contributed by atoms with Gasteiger partial charge in [0, 0.05) is 28.2 Å². The molecule has 2 aromatic heterocycles. The lowest BCUT2D eigenvalue weighted by atomic mass is 10.2. The quantitative estimate of drug-likeness (QED) is 0.712. The van der Waals surface area contributed by atoms with E-state index < -0.39 is 17.6 Å². The maximum absolute atomic E-state index is 12.1. The number of fused-ring (bicyclic) bond motifs is 1. The number of amides is 1. The number of nitrogens with zero attached hydrogens (tertiary/aromatic N) is 3. The Bertz CT molecular complexity index is 1040. The van der Waals surface area contributed by atoms with E-state index in [1.165, 1.54) is 12.4 Å². The molecule has 8 heteroatoms. The third-order valence-corrected chi connectivity index (χ3v) is 3.87. The van der Waals surface area contributed by atoms with E-state index in [0.717, 1.165) is 16.4 Å². The number of aromatic nitrogens is 3. The molecule has 0 saturated heterocycles. The predicted octanol–water partition coefficient (Wildman–Crippen LogP) is 2.58. The van der Waals surface area contributed by atoms with E-state index in [0.29, 0.717) is 22.3 Å². The smallest absolute Gasteiger partial charge is 0.435 e. The maximum Gasteiger partial charge on any atom is 0.435 e. The predicted molar refractivity (Wildman–Crippen MR) is 98.8 cm³/mol. The molecular weight excluding hydrogens is 348 g/mol. The number of aldehydes is 1. The molecule has 0 bridgehead atoms. The van der Waals surface area contributed by atoms with E-state index in [-0.39, 0.29) is 6.54 Å². The Morgan fingerprint density at radius 2 is 2.00 bits per heavy atom. The number of rotatable bonds is 4. The molecule has 0 aliphatic carbocycles. The first-order chi connectivity index (χ1) is 12.7. The third-order valence-electron chi connectivity index (χ3n) is 3.87.